The molecule has 0 amide bonds. The van der Waals surface area contributed by atoms with Gasteiger partial charge in [0.25, 0.3) is 0 Å². The fraction of sp³-hybridized carbons (Fsp3) is 0.333. The summed E-state index contributed by atoms with van der Waals surface area (Å²) in [5, 5.41) is 0.728. The number of halogens is 4. The molecule has 0 N–H and O–H groups in total. The van der Waals surface area contributed by atoms with Crippen LogP contribution in [0.25, 0.3) is 10.1 Å². The quantitative estimate of drug-likeness (QED) is 0.749. The van der Waals surface area contributed by atoms with Crippen molar-refractivity contribution in [1.82, 2.24) is 0 Å². The van der Waals surface area contributed by atoms with Gasteiger partial charge in [0.2, 0.25) is 14.8 Å². The van der Waals surface area contributed by atoms with E-state index in [1.165, 1.54) is 0 Å². The molecule has 0 spiro atoms. The van der Waals surface area contributed by atoms with E-state index in [1.807, 2.05) is 6.92 Å². The molecule has 2 aromatic rings. The summed E-state index contributed by atoms with van der Waals surface area (Å²) in [6.45, 7) is 1.90. The number of hydrogen-bond acceptors (Lipinski definition) is 3. The van der Waals surface area contributed by atoms with Crippen LogP contribution in [-0.4, -0.2) is 0 Å². The van der Waals surface area contributed by atoms with Crippen LogP contribution >= 0.6 is 10.5 Å². The Hall–Kier alpha value is -0.670. The van der Waals surface area contributed by atoms with Gasteiger partial charge in [-0.2, -0.15) is 0 Å². The lowest BCUT2D eigenvalue weighted by Gasteiger charge is -1.98. The lowest BCUT2D eigenvalue weighted by atomic mass is 10.2. The third-order valence-corrected chi connectivity index (χ3v) is 4.57. The van der Waals surface area contributed by atoms with Crippen LogP contribution < -0.4 is 12.6 Å². The van der Waals surface area contributed by atoms with Crippen LogP contribution in [0.4, 0.5) is 13.2 Å². The van der Waals surface area contributed by atoms with E-state index < -0.39 is 30.8 Å². The van der Waals surface area contributed by atoms with Gasteiger partial charge in [0.1, 0.15) is 0 Å². The van der Waals surface area contributed by atoms with Gasteiger partial charge in [-0.15, -0.1) is 13.2 Å². The van der Waals surface area contributed by atoms with Crippen LogP contribution in [0.5, 0.6) is 0 Å². The maximum absolute atomic E-state index is 13.0. The van der Waals surface area contributed by atoms with Gasteiger partial charge in [-0.25, -0.2) is 0 Å². The zero-order valence-electron chi connectivity index (χ0n) is 10.4. The molecule has 0 saturated heterocycles. The Morgan fingerprint density at radius 3 is 2.20 bits per heavy atom. The smallest absolute Gasteiger partial charge is 0.405 e. The summed E-state index contributed by atoms with van der Waals surface area (Å²) >= 11 is -3.65. The van der Waals surface area contributed by atoms with E-state index in [2.05, 4.69) is 0 Å². The first kappa shape index (κ1) is 17.4. The predicted octanol–water partition coefficient (Wildman–Crippen LogP) is 1.45. The van der Waals surface area contributed by atoms with E-state index in [1.54, 1.807) is 30.3 Å². The Balaban J connectivity index is 0.000000444. The van der Waals surface area contributed by atoms with Gasteiger partial charge in [-0.3, -0.25) is 0 Å². The van der Waals surface area contributed by atoms with Crippen molar-refractivity contribution in [1.29, 1.82) is 0 Å². The van der Waals surface area contributed by atoms with Gasteiger partial charge in [-0.1, -0.05) is 19.1 Å². The van der Waals surface area contributed by atoms with E-state index in [0.717, 1.165) is 11.8 Å². The summed E-state index contributed by atoms with van der Waals surface area (Å²) in [6, 6.07) is 8.50. The molecule has 0 aliphatic heterocycles. The minimum Gasteiger partial charge on any atom is -0.405 e. The van der Waals surface area contributed by atoms with Crippen molar-refractivity contribution >= 4 is 20.6 Å². The first-order valence-electron chi connectivity index (χ1n) is 5.61. The summed E-state index contributed by atoms with van der Waals surface area (Å²) in [6.07, 6.45) is 1.27. The molecule has 0 radical (unpaired) electrons. The number of benzene rings is 1. The minimum atomic E-state index is -4.15. The SMILES string of the molecule is CCCc1cc2ccccc2[s+]1C(F)(F)F.[O-][Br+2]([O-])[O-]. The first-order valence-corrected chi connectivity index (χ1v) is 8.77. The summed E-state index contributed by atoms with van der Waals surface area (Å²) in [7, 11) is -1.70. The molecule has 0 bridgehead atoms. The summed E-state index contributed by atoms with van der Waals surface area (Å²) in [4.78, 5) is 0.524. The molecule has 8 heteroatoms. The fourth-order valence-electron chi connectivity index (χ4n) is 1.85. The second-order valence-corrected chi connectivity index (χ2v) is 6.67. The van der Waals surface area contributed by atoms with Crippen molar-refractivity contribution in [2.45, 2.75) is 25.3 Å². The van der Waals surface area contributed by atoms with Gasteiger partial charge in [0.05, 0.1) is 10.5 Å². The number of fused-ring (bicyclic) bond motifs is 1. The van der Waals surface area contributed by atoms with Crippen LogP contribution in [0.2, 0.25) is 0 Å². The molecule has 0 saturated carbocycles. The van der Waals surface area contributed by atoms with Crippen molar-refractivity contribution in [2.75, 3.05) is 0 Å². The van der Waals surface area contributed by atoms with Gasteiger partial charge >= 0.3 is 5.51 Å². The Morgan fingerprint density at radius 1 is 1.15 bits per heavy atom. The molecular weight excluding hydrogens is 361 g/mol. The molecule has 0 aliphatic carbocycles. The fourth-order valence-corrected chi connectivity index (χ4v) is 3.91. The lowest BCUT2D eigenvalue weighted by molar-refractivity contribution is -1.73. The number of alkyl halides is 3. The summed E-state index contributed by atoms with van der Waals surface area (Å²) in [5.74, 6) is 0. The zero-order valence-corrected chi connectivity index (χ0v) is 12.8. The minimum absolute atomic E-state index is 0.429. The highest BCUT2D eigenvalue weighted by Gasteiger charge is 2.47. The third kappa shape index (κ3) is 4.71. The molecule has 0 fully saturated rings. The van der Waals surface area contributed by atoms with Crippen molar-refractivity contribution in [3.63, 3.8) is 0 Å². The topological polar surface area (TPSA) is 69.2 Å². The van der Waals surface area contributed by atoms with E-state index in [0.29, 0.717) is 16.0 Å². The second-order valence-electron chi connectivity index (χ2n) is 3.84. The summed E-state index contributed by atoms with van der Waals surface area (Å²) in [5.41, 5.74) is -4.15. The molecule has 20 heavy (non-hydrogen) atoms. The van der Waals surface area contributed by atoms with Gasteiger partial charge in [0.15, 0.2) is 9.58 Å². The highest BCUT2D eigenvalue weighted by molar-refractivity contribution is 7.38. The highest BCUT2D eigenvalue weighted by atomic mass is 80.0. The molecule has 112 valence electrons. The van der Waals surface area contributed by atoms with Gasteiger partial charge in [0, 0.05) is 17.9 Å². The van der Waals surface area contributed by atoms with E-state index in [4.69, 9.17) is 12.6 Å². The molecule has 1 aromatic carbocycles. The van der Waals surface area contributed by atoms with Crippen molar-refractivity contribution < 1.29 is 40.6 Å². The molecule has 2 rings (SSSR count). The van der Waals surface area contributed by atoms with Crippen LogP contribution in [0.3, 0.4) is 0 Å². The Bertz CT molecular complexity index is 552. The van der Waals surface area contributed by atoms with Crippen molar-refractivity contribution in [3.8, 4) is 0 Å². The predicted molar refractivity (Wildman–Crippen MR) is 61.7 cm³/mol. The second kappa shape index (κ2) is 7.37. The van der Waals surface area contributed by atoms with Crippen molar-refractivity contribution in [3.05, 3.63) is 35.2 Å². The number of thiophene rings is 1. The van der Waals surface area contributed by atoms with Gasteiger partial charge in [-0.05, 0) is 18.6 Å². The largest absolute Gasteiger partial charge is 0.600 e. The van der Waals surface area contributed by atoms with E-state index in [9.17, 15) is 13.2 Å². The van der Waals surface area contributed by atoms with Crippen LogP contribution in [0, 0.1) is 14.8 Å². The molecule has 1 atom stereocenters. The van der Waals surface area contributed by atoms with Crippen LogP contribution in [-0.2, 0) is 11.9 Å². The van der Waals surface area contributed by atoms with Crippen LogP contribution in [0.15, 0.2) is 30.3 Å². The van der Waals surface area contributed by atoms with Gasteiger partial charge < -0.3 is 12.6 Å². The maximum atomic E-state index is 13.0. The molecule has 1 heterocycles. The Kier molecular flexibility index (Phi) is 6.41. The normalized spacial score (nSPS) is 12.5. The number of hydrogen-bond donors (Lipinski definition) is 0. The van der Waals surface area contributed by atoms with E-state index >= 15 is 0 Å². The highest BCUT2D eigenvalue weighted by Crippen LogP contribution is 2.50. The molecular formula is C12H12BrF3O3S. The zero-order chi connectivity index (χ0) is 15.3. The molecule has 1 aromatic heterocycles. The van der Waals surface area contributed by atoms with E-state index in [-0.39, 0.29) is 0 Å². The summed E-state index contributed by atoms with van der Waals surface area (Å²) < 4.78 is 64.9. The lowest BCUT2D eigenvalue weighted by Crippen LogP contribution is -2.42. The third-order valence-electron chi connectivity index (χ3n) is 2.45. The monoisotopic (exact) mass is 372 g/mol. The Labute approximate surface area is 122 Å². The number of aryl methyl sites for hydroxylation is 1. The average Bonchev–Trinajstić information content (AvgIpc) is 2.66. The standard InChI is InChI=1S/C12H12F3S.BrO3/c1-2-5-10-8-9-6-3-4-7-11(9)16(10)12(13,14)15;2-1(3)4/h3-4,6-8H,2,5H2,1H3;/q+1;-1. The number of rotatable bonds is 2. The van der Waals surface area contributed by atoms with Crippen molar-refractivity contribution in [2.24, 2.45) is 0 Å². The maximum Gasteiger partial charge on any atom is 0.600 e. The van der Waals surface area contributed by atoms with Crippen LogP contribution in [0.1, 0.15) is 18.2 Å². The molecule has 0 aliphatic rings. The Morgan fingerprint density at radius 2 is 1.70 bits per heavy atom. The average molecular weight is 373 g/mol. The first-order chi connectivity index (χ1) is 9.27. The molecule has 1 unspecified atom stereocenters. The molecule has 3 nitrogen and oxygen atoms in total.